The van der Waals surface area contributed by atoms with Crippen molar-refractivity contribution >= 4 is 5.65 Å². The van der Waals surface area contributed by atoms with Crippen LogP contribution < -0.4 is 5.56 Å². The van der Waals surface area contributed by atoms with Gasteiger partial charge in [-0.15, -0.1) is 0 Å². The molecule has 0 unspecified atom stereocenters. The number of hydrogen-bond donors (Lipinski definition) is 1. The molecular formula is C13H10N4O2. The van der Waals surface area contributed by atoms with Crippen LogP contribution in [0.15, 0.2) is 34.0 Å². The second kappa shape index (κ2) is 4.14. The average molecular weight is 254 g/mol. The highest BCUT2D eigenvalue weighted by molar-refractivity contribution is 5.66. The van der Waals surface area contributed by atoms with E-state index in [1.165, 1.54) is 10.7 Å². The van der Waals surface area contributed by atoms with Crippen LogP contribution in [0.2, 0.25) is 0 Å². The summed E-state index contributed by atoms with van der Waals surface area (Å²) < 4.78 is 6.27. The van der Waals surface area contributed by atoms with Gasteiger partial charge < -0.3 is 9.40 Å². The highest BCUT2D eigenvalue weighted by atomic mass is 16.3. The summed E-state index contributed by atoms with van der Waals surface area (Å²) in [6, 6.07) is 3.78. The van der Waals surface area contributed by atoms with E-state index >= 15 is 0 Å². The Hall–Kier alpha value is -2.81. The molecule has 0 aliphatic carbocycles. The largest absolute Gasteiger partial charge is 0.472 e. The zero-order valence-corrected chi connectivity index (χ0v) is 10.2. The number of rotatable bonds is 2. The SMILES string of the molecule is CCc1c(-c2ccoc2)[nH]c2c(C#N)cnn2c1=O. The minimum atomic E-state index is -0.214. The Kier molecular flexibility index (Phi) is 2.46. The maximum atomic E-state index is 12.3. The van der Waals surface area contributed by atoms with Crippen LogP contribution in [0.4, 0.5) is 0 Å². The van der Waals surface area contributed by atoms with Gasteiger partial charge in [0.2, 0.25) is 0 Å². The Morgan fingerprint density at radius 2 is 2.42 bits per heavy atom. The summed E-state index contributed by atoms with van der Waals surface area (Å²) in [6.07, 6.45) is 5.04. The third-order valence-corrected chi connectivity index (χ3v) is 3.05. The third kappa shape index (κ3) is 1.56. The number of H-pyrrole nitrogens is 1. The van der Waals surface area contributed by atoms with E-state index < -0.39 is 0 Å². The van der Waals surface area contributed by atoms with Crippen LogP contribution in [0, 0.1) is 11.3 Å². The number of hydrogen-bond acceptors (Lipinski definition) is 4. The molecule has 0 spiro atoms. The molecule has 6 heteroatoms. The fourth-order valence-electron chi connectivity index (χ4n) is 2.11. The summed E-state index contributed by atoms with van der Waals surface area (Å²) in [6.45, 7) is 1.90. The van der Waals surface area contributed by atoms with Crippen LogP contribution in [-0.2, 0) is 6.42 Å². The lowest BCUT2D eigenvalue weighted by Gasteiger charge is -2.06. The van der Waals surface area contributed by atoms with Crippen molar-refractivity contribution in [3.63, 3.8) is 0 Å². The summed E-state index contributed by atoms with van der Waals surface area (Å²) in [7, 11) is 0. The number of fused-ring (bicyclic) bond motifs is 1. The lowest BCUT2D eigenvalue weighted by molar-refractivity contribution is 0.568. The Balaban J connectivity index is 2.44. The molecule has 0 fully saturated rings. The van der Waals surface area contributed by atoms with Gasteiger partial charge >= 0.3 is 0 Å². The van der Waals surface area contributed by atoms with Crippen molar-refractivity contribution < 1.29 is 4.42 Å². The molecule has 0 atom stereocenters. The van der Waals surface area contributed by atoms with Crippen molar-refractivity contribution in [3.8, 4) is 17.3 Å². The first-order chi connectivity index (χ1) is 9.26. The summed E-state index contributed by atoms with van der Waals surface area (Å²) in [5, 5.41) is 13.0. The van der Waals surface area contributed by atoms with Crippen LogP contribution in [0.25, 0.3) is 16.9 Å². The van der Waals surface area contributed by atoms with Crippen molar-refractivity contribution in [2.45, 2.75) is 13.3 Å². The molecule has 0 saturated carbocycles. The van der Waals surface area contributed by atoms with Crippen LogP contribution in [0.3, 0.4) is 0 Å². The van der Waals surface area contributed by atoms with E-state index in [2.05, 4.69) is 10.1 Å². The van der Waals surface area contributed by atoms with Crippen molar-refractivity contribution in [1.29, 1.82) is 5.26 Å². The average Bonchev–Trinajstić information content (AvgIpc) is 3.07. The predicted molar refractivity (Wildman–Crippen MR) is 67.6 cm³/mol. The van der Waals surface area contributed by atoms with E-state index in [1.54, 1.807) is 18.6 Å². The van der Waals surface area contributed by atoms with Crippen molar-refractivity contribution in [3.05, 3.63) is 46.3 Å². The van der Waals surface area contributed by atoms with Gasteiger partial charge in [0.05, 0.1) is 24.4 Å². The van der Waals surface area contributed by atoms with Gasteiger partial charge in [-0.05, 0) is 12.5 Å². The standard InChI is InChI=1S/C13H10N4O2/c1-2-10-11(8-3-4-19-7-8)16-12-9(5-14)6-15-17(12)13(10)18/h3-4,6-7,16H,2H2,1H3. The number of aromatic nitrogens is 3. The van der Waals surface area contributed by atoms with E-state index in [4.69, 9.17) is 9.68 Å². The van der Waals surface area contributed by atoms with Gasteiger partial charge in [-0.2, -0.15) is 14.9 Å². The minimum absolute atomic E-state index is 0.214. The van der Waals surface area contributed by atoms with Gasteiger partial charge in [0.15, 0.2) is 5.65 Å². The molecule has 0 radical (unpaired) electrons. The molecule has 6 nitrogen and oxygen atoms in total. The summed E-state index contributed by atoms with van der Waals surface area (Å²) >= 11 is 0. The summed E-state index contributed by atoms with van der Waals surface area (Å²) in [4.78, 5) is 15.5. The molecule has 94 valence electrons. The van der Waals surface area contributed by atoms with Crippen molar-refractivity contribution in [1.82, 2.24) is 14.6 Å². The predicted octanol–water partition coefficient (Wildman–Crippen LogP) is 1.72. The number of furan rings is 1. The Labute approximate surface area is 107 Å². The van der Waals surface area contributed by atoms with Crippen LogP contribution in [-0.4, -0.2) is 14.6 Å². The zero-order valence-electron chi connectivity index (χ0n) is 10.2. The second-order valence-electron chi connectivity index (χ2n) is 4.08. The molecule has 3 aromatic heterocycles. The number of aromatic amines is 1. The smallest absolute Gasteiger partial charge is 0.278 e. The molecule has 3 heterocycles. The van der Waals surface area contributed by atoms with Crippen LogP contribution in [0.5, 0.6) is 0 Å². The van der Waals surface area contributed by atoms with Gasteiger partial charge in [-0.3, -0.25) is 4.79 Å². The summed E-state index contributed by atoms with van der Waals surface area (Å²) in [5.41, 5.74) is 2.59. The topological polar surface area (TPSA) is 87.1 Å². The van der Waals surface area contributed by atoms with E-state index in [-0.39, 0.29) is 5.56 Å². The van der Waals surface area contributed by atoms with Gasteiger partial charge in [0, 0.05) is 11.1 Å². The highest BCUT2D eigenvalue weighted by Gasteiger charge is 2.15. The van der Waals surface area contributed by atoms with Gasteiger partial charge in [0.25, 0.3) is 5.56 Å². The molecule has 0 bridgehead atoms. The monoisotopic (exact) mass is 254 g/mol. The number of nitrogens with one attached hydrogen (secondary N) is 1. The molecule has 3 rings (SSSR count). The minimum Gasteiger partial charge on any atom is -0.472 e. The van der Waals surface area contributed by atoms with E-state index in [1.807, 2.05) is 13.0 Å². The number of nitriles is 1. The fraction of sp³-hybridized carbons (Fsp3) is 0.154. The molecule has 0 amide bonds. The maximum Gasteiger partial charge on any atom is 0.278 e. The van der Waals surface area contributed by atoms with E-state index in [0.29, 0.717) is 28.9 Å². The van der Waals surface area contributed by atoms with E-state index in [0.717, 1.165) is 5.56 Å². The van der Waals surface area contributed by atoms with Crippen LogP contribution in [0.1, 0.15) is 18.1 Å². The molecule has 0 aromatic carbocycles. The van der Waals surface area contributed by atoms with E-state index in [9.17, 15) is 4.79 Å². The molecule has 3 aromatic rings. The summed E-state index contributed by atoms with van der Waals surface area (Å²) in [5.74, 6) is 0. The second-order valence-corrected chi connectivity index (χ2v) is 4.08. The molecule has 0 aliphatic rings. The molecular weight excluding hydrogens is 244 g/mol. The molecule has 0 aliphatic heterocycles. The number of nitrogens with zero attached hydrogens (tertiary/aromatic N) is 3. The first-order valence-electron chi connectivity index (χ1n) is 5.81. The van der Waals surface area contributed by atoms with Crippen LogP contribution >= 0.6 is 0 Å². The first-order valence-corrected chi connectivity index (χ1v) is 5.81. The Morgan fingerprint density at radius 1 is 1.58 bits per heavy atom. The van der Waals surface area contributed by atoms with Gasteiger partial charge in [-0.1, -0.05) is 6.92 Å². The lowest BCUT2D eigenvalue weighted by atomic mass is 10.1. The Bertz CT molecular complexity index is 834. The van der Waals surface area contributed by atoms with Crippen molar-refractivity contribution in [2.24, 2.45) is 0 Å². The normalized spacial score (nSPS) is 10.7. The Morgan fingerprint density at radius 3 is 3.05 bits per heavy atom. The van der Waals surface area contributed by atoms with Gasteiger partial charge in [0.1, 0.15) is 11.6 Å². The fourth-order valence-corrected chi connectivity index (χ4v) is 2.11. The zero-order chi connectivity index (χ0) is 13.4. The molecule has 19 heavy (non-hydrogen) atoms. The first kappa shape index (κ1) is 11.3. The highest BCUT2D eigenvalue weighted by Crippen LogP contribution is 2.21. The maximum absolute atomic E-state index is 12.3. The lowest BCUT2D eigenvalue weighted by Crippen LogP contribution is -2.21. The van der Waals surface area contributed by atoms with Crippen molar-refractivity contribution in [2.75, 3.05) is 0 Å². The third-order valence-electron chi connectivity index (χ3n) is 3.05. The molecule has 1 N–H and O–H groups in total. The van der Waals surface area contributed by atoms with Gasteiger partial charge in [-0.25, -0.2) is 0 Å². The molecule has 0 saturated heterocycles. The quantitative estimate of drug-likeness (QED) is 0.754.